The minimum Gasteiger partial charge on any atom is -0.341 e. The molecule has 0 aliphatic heterocycles. The maximum absolute atomic E-state index is 12.5. The Kier molecular flexibility index (Phi) is 5.12. The van der Waals surface area contributed by atoms with Gasteiger partial charge in [0.25, 0.3) is 0 Å². The highest BCUT2D eigenvalue weighted by Crippen LogP contribution is 2.46. The summed E-state index contributed by atoms with van der Waals surface area (Å²) in [5.41, 5.74) is 4.81. The highest BCUT2D eigenvalue weighted by Gasteiger charge is 2.41. The SMILES string of the molecule is Cc1cc(C)c(NC(=O)C(=O)NC(c2ccccc2)C2CC2C)c(C)c1. The van der Waals surface area contributed by atoms with Crippen LogP contribution in [0, 0.1) is 32.6 Å². The molecule has 0 radical (unpaired) electrons. The average Bonchev–Trinajstić information content (AvgIpc) is 3.32. The summed E-state index contributed by atoms with van der Waals surface area (Å²) in [7, 11) is 0. The van der Waals surface area contributed by atoms with E-state index in [4.69, 9.17) is 0 Å². The van der Waals surface area contributed by atoms with Crippen molar-refractivity contribution in [2.75, 3.05) is 5.32 Å². The molecular weight excluding hydrogens is 324 g/mol. The topological polar surface area (TPSA) is 58.2 Å². The number of benzene rings is 2. The van der Waals surface area contributed by atoms with Gasteiger partial charge in [-0.3, -0.25) is 9.59 Å². The van der Waals surface area contributed by atoms with Crippen LogP contribution in [-0.2, 0) is 9.59 Å². The molecule has 1 saturated carbocycles. The van der Waals surface area contributed by atoms with Crippen molar-refractivity contribution in [1.29, 1.82) is 0 Å². The fraction of sp³-hybridized carbons (Fsp3) is 0.364. The molecule has 2 N–H and O–H groups in total. The molecular formula is C22H26N2O2. The summed E-state index contributed by atoms with van der Waals surface area (Å²) >= 11 is 0. The normalized spacial score (nSPS) is 19.5. The molecule has 2 aromatic carbocycles. The minimum atomic E-state index is -0.616. The zero-order valence-corrected chi connectivity index (χ0v) is 15.8. The van der Waals surface area contributed by atoms with Gasteiger partial charge in [-0.2, -0.15) is 0 Å². The summed E-state index contributed by atoms with van der Waals surface area (Å²) in [5.74, 6) is -0.256. The Hall–Kier alpha value is -2.62. The molecule has 136 valence electrons. The lowest BCUT2D eigenvalue weighted by Crippen LogP contribution is -2.39. The smallest absolute Gasteiger partial charge is 0.313 e. The van der Waals surface area contributed by atoms with Crippen molar-refractivity contribution in [3.63, 3.8) is 0 Å². The van der Waals surface area contributed by atoms with E-state index in [0.29, 0.717) is 17.5 Å². The van der Waals surface area contributed by atoms with Crippen LogP contribution in [0.25, 0.3) is 0 Å². The van der Waals surface area contributed by atoms with Crippen LogP contribution < -0.4 is 10.6 Å². The predicted molar refractivity (Wildman–Crippen MR) is 104 cm³/mol. The first-order chi connectivity index (χ1) is 12.4. The van der Waals surface area contributed by atoms with Crippen molar-refractivity contribution in [3.8, 4) is 0 Å². The summed E-state index contributed by atoms with van der Waals surface area (Å²) in [4.78, 5) is 25.0. The van der Waals surface area contributed by atoms with Gasteiger partial charge in [0.05, 0.1) is 6.04 Å². The molecule has 1 fully saturated rings. The third kappa shape index (κ3) is 3.96. The van der Waals surface area contributed by atoms with E-state index in [0.717, 1.165) is 28.7 Å². The molecule has 4 nitrogen and oxygen atoms in total. The second-order valence-electron chi connectivity index (χ2n) is 7.47. The Morgan fingerprint density at radius 2 is 1.58 bits per heavy atom. The van der Waals surface area contributed by atoms with Crippen molar-refractivity contribution in [1.82, 2.24) is 5.32 Å². The highest BCUT2D eigenvalue weighted by atomic mass is 16.2. The number of hydrogen-bond donors (Lipinski definition) is 2. The standard InChI is InChI=1S/C22H26N2O2/c1-13-10-15(3)19(16(4)11-13)23-21(25)22(26)24-20(18-12-14(18)2)17-8-6-5-7-9-17/h5-11,14,18,20H,12H2,1-4H3,(H,23,25)(H,24,26). The minimum absolute atomic E-state index is 0.121. The monoisotopic (exact) mass is 350 g/mol. The first-order valence-corrected chi connectivity index (χ1v) is 9.11. The highest BCUT2D eigenvalue weighted by molar-refractivity contribution is 6.39. The van der Waals surface area contributed by atoms with Gasteiger partial charge in [-0.05, 0) is 55.7 Å². The second kappa shape index (κ2) is 7.32. The number of carbonyl (C=O) groups excluding carboxylic acids is 2. The fourth-order valence-electron chi connectivity index (χ4n) is 3.67. The number of rotatable bonds is 4. The molecule has 1 aliphatic rings. The lowest BCUT2D eigenvalue weighted by atomic mass is 10.0. The number of hydrogen-bond acceptors (Lipinski definition) is 2. The molecule has 3 atom stereocenters. The molecule has 3 unspecified atom stereocenters. The van der Waals surface area contributed by atoms with Crippen LogP contribution in [0.3, 0.4) is 0 Å². The van der Waals surface area contributed by atoms with Gasteiger partial charge in [-0.25, -0.2) is 0 Å². The van der Waals surface area contributed by atoms with Gasteiger partial charge in [0, 0.05) is 5.69 Å². The molecule has 26 heavy (non-hydrogen) atoms. The van der Waals surface area contributed by atoms with Crippen LogP contribution in [0.1, 0.15) is 41.6 Å². The van der Waals surface area contributed by atoms with Crippen LogP contribution in [0.5, 0.6) is 0 Å². The van der Waals surface area contributed by atoms with Gasteiger partial charge in [0.1, 0.15) is 0 Å². The summed E-state index contributed by atoms with van der Waals surface area (Å²) < 4.78 is 0. The predicted octanol–water partition coefficient (Wildman–Crippen LogP) is 4.06. The second-order valence-corrected chi connectivity index (χ2v) is 7.47. The first kappa shape index (κ1) is 18.2. The largest absolute Gasteiger partial charge is 0.341 e. The van der Waals surface area contributed by atoms with Crippen LogP contribution >= 0.6 is 0 Å². The van der Waals surface area contributed by atoms with E-state index < -0.39 is 11.8 Å². The van der Waals surface area contributed by atoms with Crippen molar-refractivity contribution in [2.24, 2.45) is 11.8 Å². The van der Waals surface area contributed by atoms with Crippen LogP contribution in [0.4, 0.5) is 5.69 Å². The molecule has 0 saturated heterocycles. The Morgan fingerprint density at radius 1 is 1.00 bits per heavy atom. The zero-order chi connectivity index (χ0) is 18.8. The molecule has 4 heteroatoms. The number of amides is 2. The Morgan fingerprint density at radius 3 is 2.12 bits per heavy atom. The van der Waals surface area contributed by atoms with Crippen molar-refractivity contribution < 1.29 is 9.59 Å². The maximum atomic E-state index is 12.5. The van der Waals surface area contributed by atoms with Crippen molar-refractivity contribution in [3.05, 3.63) is 64.7 Å². The van der Waals surface area contributed by atoms with Crippen LogP contribution in [-0.4, -0.2) is 11.8 Å². The lowest BCUT2D eigenvalue weighted by molar-refractivity contribution is -0.136. The quantitative estimate of drug-likeness (QED) is 0.817. The molecule has 3 rings (SSSR count). The van der Waals surface area contributed by atoms with Gasteiger partial charge in [-0.1, -0.05) is 55.0 Å². The van der Waals surface area contributed by atoms with Gasteiger partial charge in [0.2, 0.25) is 0 Å². The van der Waals surface area contributed by atoms with E-state index >= 15 is 0 Å². The van der Waals surface area contributed by atoms with E-state index in [9.17, 15) is 9.59 Å². The van der Waals surface area contributed by atoms with Crippen molar-refractivity contribution >= 4 is 17.5 Å². The van der Waals surface area contributed by atoms with E-state index in [1.807, 2.05) is 63.2 Å². The van der Waals surface area contributed by atoms with Crippen molar-refractivity contribution in [2.45, 2.75) is 40.2 Å². The molecule has 2 aromatic rings. The first-order valence-electron chi connectivity index (χ1n) is 9.11. The molecule has 0 bridgehead atoms. The lowest BCUT2D eigenvalue weighted by Gasteiger charge is -2.19. The Balaban J connectivity index is 1.73. The third-order valence-electron chi connectivity index (χ3n) is 5.17. The summed E-state index contributed by atoms with van der Waals surface area (Å²) in [5, 5.41) is 5.73. The Bertz CT molecular complexity index is 806. The molecule has 0 aromatic heterocycles. The summed E-state index contributed by atoms with van der Waals surface area (Å²) in [6.45, 7) is 8.06. The fourth-order valence-corrected chi connectivity index (χ4v) is 3.67. The number of nitrogens with one attached hydrogen (secondary N) is 2. The number of aryl methyl sites for hydroxylation is 3. The molecule has 2 amide bonds. The van der Waals surface area contributed by atoms with E-state index in [1.165, 1.54) is 0 Å². The van der Waals surface area contributed by atoms with Gasteiger partial charge < -0.3 is 10.6 Å². The van der Waals surface area contributed by atoms with Gasteiger partial charge >= 0.3 is 11.8 Å². The summed E-state index contributed by atoms with van der Waals surface area (Å²) in [6.07, 6.45) is 1.07. The van der Waals surface area contributed by atoms with E-state index in [1.54, 1.807) is 0 Å². The van der Waals surface area contributed by atoms with E-state index in [2.05, 4.69) is 17.6 Å². The van der Waals surface area contributed by atoms with Gasteiger partial charge in [0.15, 0.2) is 0 Å². The van der Waals surface area contributed by atoms with Crippen LogP contribution in [0.15, 0.2) is 42.5 Å². The van der Waals surface area contributed by atoms with Gasteiger partial charge in [-0.15, -0.1) is 0 Å². The number of carbonyl (C=O) groups is 2. The zero-order valence-electron chi connectivity index (χ0n) is 15.8. The molecule has 0 heterocycles. The molecule has 1 aliphatic carbocycles. The number of anilines is 1. The average molecular weight is 350 g/mol. The Labute approximate surface area is 155 Å². The van der Waals surface area contributed by atoms with E-state index in [-0.39, 0.29) is 6.04 Å². The summed E-state index contributed by atoms with van der Waals surface area (Å²) in [6, 6.07) is 13.8. The third-order valence-corrected chi connectivity index (χ3v) is 5.17. The molecule has 0 spiro atoms. The van der Waals surface area contributed by atoms with Crippen LogP contribution in [0.2, 0.25) is 0 Å². The maximum Gasteiger partial charge on any atom is 0.313 e.